The van der Waals surface area contributed by atoms with E-state index in [1.807, 2.05) is 36.4 Å². The Labute approximate surface area is 169 Å². The quantitative estimate of drug-likeness (QED) is 0.682. The molecule has 2 aliphatic heterocycles. The van der Waals surface area contributed by atoms with Gasteiger partial charge in [0.05, 0.1) is 6.04 Å². The molecule has 2 aromatic carbocycles. The molecule has 29 heavy (non-hydrogen) atoms. The van der Waals surface area contributed by atoms with Gasteiger partial charge in [0.25, 0.3) is 0 Å². The van der Waals surface area contributed by atoms with Crippen molar-refractivity contribution in [1.82, 2.24) is 10.1 Å². The fourth-order valence-electron chi connectivity index (χ4n) is 4.21. The average molecular weight is 392 g/mol. The Kier molecular flexibility index (Phi) is 4.86. The van der Waals surface area contributed by atoms with E-state index < -0.39 is 0 Å². The molecule has 150 valence electrons. The van der Waals surface area contributed by atoms with Crippen LogP contribution in [-0.2, 0) is 6.54 Å². The third-order valence-electron chi connectivity index (χ3n) is 5.69. The number of rotatable bonds is 4. The maximum atomic E-state index is 9.81. The van der Waals surface area contributed by atoms with Gasteiger partial charge in [-0.3, -0.25) is 4.90 Å². The molecule has 0 aliphatic carbocycles. The largest absolute Gasteiger partial charge is 0.508 e. The molecule has 6 nitrogen and oxygen atoms in total. The molecule has 0 radical (unpaired) electrons. The number of hydrogen-bond acceptors (Lipinski definition) is 6. The maximum Gasteiger partial charge on any atom is 0.231 e. The Balaban J connectivity index is 1.40. The van der Waals surface area contributed by atoms with Crippen LogP contribution in [0.3, 0.4) is 0 Å². The monoisotopic (exact) mass is 392 g/mol. The zero-order valence-electron chi connectivity index (χ0n) is 16.2. The summed E-state index contributed by atoms with van der Waals surface area (Å²) in [5.74, 6) is 2.54. The summed E-state index contributed by atoms with van der Waals surface area (Å²) < 4.78 is 16.6. The Morgan fingerprint density at radius 3 is 2.86 bits per heavy atom. The Hall–Kier alpha value is -2.99. The summed E-state index contributed by atoms with van der Waals surface area (Å²) in [6.07, 6.45) is 4.61. The Bertz CT molecular complexity index is 1000. The van der Waals surface area contributed by atoms with Crippen LogP contribution < -0.4 is 9.47 Å². The molecule has 6 heteroatoms. The van der Waals surface area contributed by atoms with E-state index in [1.165, 1.54) is 19.3 Å². The third kappa shape index (κ3) is 3.80. The lowest BCUT2D eigenvalue weighted by molar-refractivity contribution is 0.174. The predicted molar refractivity (Wildman–Crippen MR) is 108 cm³/mol. The summed E-state index contributed by atoms with van der Waals surface area (Å²) in [7, 11) is 0. The van der Waals surface area contributed by atoms with E-state index in [0.717, 1.165) is 53.6 Å². The van der Waals surface area contributed by atoms with E-state index in [2.05, 4.69) is 16.1 Å². The summed E-state index contributed by atoms with van der Waals surface area (Å²) in [6, 6.07) is 15.5. The van der Waals surface area contributed by atoms with Crippen molar-refractivity contribution < 1.29 is 19.1 Å². The van der Waals surface area contributed by atoms with Crippen molar-refractivity contribution >= 4 is 0 Å². The van der Waals surface area contributed by atoms with Crippen molar-refractivity contribution in [2.24, 2.45) is 0 Å². The molecule has 1 saturated heterocycles. The molecule has 0 spiro atoms. The number of phenols is 1. The number of fused-ring (bicyclic) bond motifs is 1. The van der Waals surface area contributed by atoms with Crippen molar-refractivity contribution in [1.29, 1.82) is 0 Å². The van der Waals surface area contributed by atoms with Crippen LogP contribution in [0.5, 0.6) is 17.2 Å². The molecule has 1 unspecified atom stereocenters. The first-order valence-electron chi connectivity index (χ1n) is 10.1. The highest BCUT2D eigenvalue weighted by molar-refractivity contribution is 5.63. The zero-order chi connectivity index (χ0) is 19.6. The van der Waals surface area contributed by atoms with Crippen LogP contribution >= 0.6 is 0 Å². The van der Waals surface area contributed by atoms with E-state index >= 15 is 0 Å². The molecule has 1 atom stereocenters. The van der Waals surface area contributed by atoms with Gasteiger partial charge in [-0.05, 0) is 55.3 Å². The third-order valence-corrected chi connectivity index (χ3v) is 5.69. The second-order valence-electron chi connectivity index (χ2n) is 7.69. The SMILES string of the molecule is Oc1cccc(CN2CCCCCC2c2cc(-c3ccc4c(c3)OCO4)on2)c1. The lowest BCUT2D eigenvalue weighted by Crippen LogP contribution is -2.28. The fourth-order valence-corrected chi connectivity index (χ4v) is 4.21. The number of benzene rings is 2. The topological polar surface area (TPSA) is 68.0 Å². The minimum Gasteiger partial charge on any atom is -0.508 e. The summed E-state index contributed by atoms with van der Waals surface area (Å²) in [4.78, 5) is 2.45. The van der Waals surface area contributed by atoms with Gasteiger partial charge in [-0.1, -0.05) is 30.1 Å². The lowest BCUT2D eigenvalue weighted by Gasteiger charge is -2.28. The Morgan fingerprint density at radius 2 is 1.93 bits per heavy atom. The first-order valence-corrected chi connectivity index (χ1v) is 10.1. The molecular weight excluding hydrogens is 368 g/mol. The normalized spacial score (nSPS) is 19.2. The smallest absolute Gasteiger partial charge is 0.231 e. The lowest BCUT2D eigenvalue weighted by atomic mass is 10.0. The van der Waals surface area contributed by atoms with E-state index in [-0.39, 0.29) is 12.8 Å². The summed E-state index contributed by atoms with van der Waals surface area (Å²) >= 11 is 0. The van der Waals surface area contributed by atoms with Gasteiger partial charge in [0.15, 0.2) is 17.3 Å². The van der Waals surface area contributed by atoms with Gasteiger partial charge >= 0.3 is 0 Å². The first-order chi connectivity index (χ1) is 14.3. The fraction of sp³-hybridized carbons (Fsp3) is 0.348. The van der Waals surface area contributed by atoms with Gasteiger partial charge < -0.3 is 19.1 Å². The molecule has 3 aromatic rings. The second-order valence-corrected chi connectivity index (χ2v) is 7.69. The number of hydrogen-bond donors (Lipinski definition) is 1. The van der Waals surface area contributed by atoms with Crippen LogP contribution in [0, 0.1) is 0 Å². The number of likely N-dealkylation sites (tertiary alicyclic amines) is 1. The highest BCUT2D eigenvalue weighted by Crippen LogP contribution is 2.38. The van der Waals surface area contributed by atoms with Gasteiger partial charge in [-0.25, -0.2) is 0 Å². The zero-order valence-corrected chi connectivity index (χ0v) is 16.2. The van der Waals surface area contributed by atoms with Crippen LogP contribution in [-0.4, -0.2) is 28.5 Å². The summed E-state index contributed by atoms with van der Waals surface area (Å²) in [5, 5.41) is 14.2. The average Bonchev–Trinajstić information content (AvgIpc) is 3.34. The molecule has 1 fully saturated rings. The van der Waals surface area contributed by atoms with Crippen LogP contribution in [0.2, 0.25) is 0 Å². The van der Waals surface area contributed by atoms with E-state index in [0.29, 0.717) is 5.75 Å². The van der Waals surface area contributed by atoms with Crippen molar-refractivity contribution in [3.63, 3.8) is 0 Å². The minimum absolute atomic E-state index is 0.200. The molecule has 5 rings (SSSR count). The van der Waals surface area contributed by atoms with Gasteiger partial charge in [-0.2, -0.15) is 0 Å². The number of ether oxygens (including phenoxy) is 2. The molecule has 0 amide bonds. The van der Waals surface area contributed by atoms with Gasteiger partial charge in [0.2, 0.25) is 6.79 Å². The van der Waals surface area contributed by atoms with Gasteiger partial charge in [0.1, 0.15) is 11.4 Å². The van der Waals surface area contributed by atoms with Gasteiger partial charge in [-0.15, -0.1) is 0 Å². The van der Waals surface area contributed by atoms with E-state index in [4.69, 9.17) is 14.0 Å². The number of aromatic nitrogens is 1. The van der Waals surface area contributed by atoms with Crippen LogP contribution in [0.15, 0.2) is 53.1 Å². The summed E-state index contributed by atoms with van der Waals surface area (Å²) in [5.41, 5.74) is 3.00. The first kappa shape index (κ1) is 18.1. The molecule has 3 heterocycles. The molecule has 1 aromatic heterocycles. The van der Waals surface area contributed by atoms with Crippen LogP contribution in [0.25, 0.3) is 11.3 Å². The highest BCUT2D eigenvalue weighted by Gasteiger charge is 2.26. The number of phenolic OH excluding ortho intramolecular Hbond substituents is 1. The number of nitrogens with zero attached hydrogens (tertiary/aromatic N) is 2. The molecule has 2 aliphatic rings. The van der Waals surface area contributed by atoms with E-state index in [9.17, 15) is 5.11 Å². The molecule has 1 N–H and O–H groups in total. The van der Waals surface area contributed by atoms with Crippen molar-refractivity contribution in [3.05, 3.63) is 59.8 Å². The predicted octanol–water partition coefficient (Wildman–Crippen LogP) is 4.89. The molecule has 0 bridgehead atoms. The molecular formula is C23H24N2O4. The van der Waals surface area contributed by atoms with Crippen molar-refractivity contribution in [3.8, 4) is 28.6 Å². The van der Waals surface area contributed by atoms with E-state index in [1.54, 1.807) is 6.07 Å². The maximum absolute atomic E-state index is 9.81. The minimum atomic E-state index is 0.200. The second kappa shape index (κ2) is 7.79. The Morgan fingerprint density at radius 1 is 1.00 bits per heavy atom. The summed E-state index contributed by atoms with van der Waals surface area (Å²) in [6.45, 7) is 2.05. The van der Waals surface area contributed by atoms with Crippen LogP contribution in [0.4, 0.5) is 0 Å². The molecule has 0 saturated carbocycles. The standard InChI is InChI=1S/C23H24N2O4/c26-18-6-4-5-16(11-18)14-25-10-3-1-2-7-20(25)19-13-22(29-24-19)17-8-9-21-23(12-17)28-15-27-21/h4-6,8-9,11-13,20,26H,1-3,7,10,14-15H2. The highest BCUT2D eigenvalue weighted by atomic mass is 16.7. The van der Waals surface area contributed by atoms with Gasteiger partial charge in [0, 0.05) is 18.2 Å². The number of aromatic hydroxyl groups is 1. The van der Waals surface area contributed by atoms with Crippen molar-refractivity contribution in [2.45, 2.75) is 38.3 Å². The van der Waals surface area contributed by atoms with Crippen LogP contribution in [0.1, 0.15) is 43.0 Å². The van der Waals surface area contributed by atoms with Crippen molar-refractivity contribution in [2.75, 3.05) is 13.3 Å².